The van der Waals surface area contributed by atoms with Gasteiger partial charge in [-0.1, -0.05) is 0 Å². The smallest absolute Gasteiger partial charge is 0.137 e. The molecule has 1 aromatic heterocycles. The Kier molecular flexibility index (Phi) is 3.69. The summed E-state index contributed by atoms with van der Waals surface area (Å²) in [6.45, 7) is 5.15. The third-order valence-electron chi connectivity index (χ3n) is 3.05. The molecule has 1 aliphatic rings. The summed E-state index contributed by atoms with van der Waals surface area (Å²) < 4.78 is 1.88. The molecule has 5 heteroatoms. The maximum Gasteiger partial charge on any atom is 0.137 e. The van der Waals surface area contributed by atoms with Crippen LogP contribution >= 0.6 is 0 Å². The van der Waals surface area contributed by atoms with E-state index in [9.17, 15) is 0 Å². The van der Waals surface area contributed by atoms with Crippen molar-refractivity contribution >= 4 is 0 Å². The molecular formula is C10H19N5. The Balaban J connectivity index is 1.74. The van der Waals surface area contributed by atoms with Crippen molar-refractivity contribution in [2.24, 2.45) is 11.7 Å². The molecule has 15 heavy (non-hydrogen) atoms. The monoisotopic (exact) mass is 209 g/mol. The first-order valence-electron chi connectivity index (χ1n) is 5.63. The van der Waals surface area contributed by atoms with Crippen molar-refractivity contribution in [1.82, 2.24) is 19.7 Å². The summed E-state index contributed by atoms with van der Waals surface area (Å²) in [6.07, 6.45) is 5.92. The molecule has 0 amide bonds. The first-order valence-corrected chi connectivity index (χ1v) is 5.63. The predicted octanol–water partition coefficient (Wildman–Crippen LogP) is -0.0512. The first-order chi connectivity index (χ1) is 7.38. The fourth-order valence-corrected chi connectivity index (χ4v) is 2.14. The Morgan fingerprint density at radius 3 is 3.07 bits per heavy atom. The van der Waals surface area contributed by atoms with Gasteiger partial charge in [0.05, 0.1) is 6.54 Å². The van der Waals surface area contributed by atoms with E-state index in [1.165, 1.54) is 19.4 Å². The maximum atomic E-state index is 5.70. The van der Waals surface area contributed by atoms with Crippen molar-refractivity contribution in [3.8, 4) is 0 Å². The lowest BCUT2D eigenvalue weighted by atomic mass is 9.98. The molecule has 1 aromatic rings. The van der Waals surface area contributed by atoms with Crippen LogP contribution in [0.5, 0.6) is 0 Å². The van der Waals surface area contributed by atoms with E-state index in [4.69, 9.17) is 5.73 Å². The van der Waals surface area contributed by atoms with Gasteiger partial charge in [0, 0.05) is 13.1 Å². The Labute approximate surface area is 90.3 Å². The molecule has 1 saturated heterocycles. The van der Waals surface area contributed by atoms with Gasteiger partial charge in [-0.25, -0.2) is 4.98 Å². The number of aromatic nitrogens is 3. The Morgan fingerprint density at radius 1 is 1.40 bits per heavy atom. The van der Waals surface area contributed by atoms with Crippen LogP contribution in [0.2, 0.25) is 0 Å². The van der Waals surface area contributed by atoms with Crippen molar-refractivity contribution in [3.63, 3.8) is 0 Å². The third kappa shape index (κ3) is 3.00. The van der Waals surface area contributed by atoms with E-state index < -0.39 is 0 Å². The molecule has 2 N–H and O–H groups in total. The Morgan fingerprint density at radius 2 is 2.33 bits per heavy atom. The average molecular weight is 209 g/mol. The highest BCUT2D eigenvalue weighted by atomic mass is 15.3. The molecule has 0 bridgehead atoms. The van der Waals surface area contributed by atoms with Crippen molar-refractivity contribution in [2.45, 2.75) is 19.4 Å². The van der Waals surface area contributed by atoms with Crippen molar-refractivity contribution in [3.05, 3.63) is 12.7 Å². The van der Waals surface area contributed by atoms with Crippen LogP contribution < -0.4 is 5.73 Å². The summed E-state index contributed by atoms with van der Waals surface area (Å²) >= 11 is 0. The van der Waals surface area contributed by atoms with E-state index in [-0.39, 0.29) is 0 Å². The van der Waals surface area contributed by atoms with Gasteiger partial charge in [0.1, 0.15) is 12.7 Å². The molecule has 0 saturated carbocycles. The van der Waals surface area contributed by atoms with E-state index in [2.05, 4.69) is 15.0 Å². The molecular weight excluding hydrogens is 190 g/mol. The normalized spacial score (nSPS) is 23.1. The van der Waals surface area contributed by atoms with Gasteiger partial charge >= 0.3 is 0 Å². The summed E-state index contributed by atoms with van der Waals surface area (Å²) in [5, 5.41) is 4.09. The van der Waals surface area contributed by atoms with Crippen LogP contribution in [0.1, 0.15) is 12.8 Å². The molecule has 1 atom stereocenters. The van der Waals surface area contributed by atoms with E-state index in [0.29, 0.717) is 5.92 Å². The van der Waals surface area contributed by atoms with Crippen LogP contribution in [0, 0.1) is 5.92 Å². The Hall–Kier alpha value is -0.940. The zero-order valence-corrected chi connectivity index (χ0v) is 9.05. The van der Waals surface area contributed by atoms with Crippen LogP contribution in [0.4, 0.5) is 0 Å². The fourth-order valence-electron chi connectivity index (χ4n) is 2.14. The van der Waals surface area contributed by atoms with Gasteiger partial charge in [-0.05, 0) is 31.8 Å². The number of hydrogen-bond acceptors (Lipinski definition) is 4. The van der Waals surface area contributed by atoms with E-state index in [0.717, 1.165) is 26.2 Å². The minimum absolute atomic E-state index is 0.689. The van der Waals surface area contributed by atoms with Crippen LogP contribution in [0.3, 0.4) is 0 Å². The van der Waals surface area contributed by atoms with Gasteiger partial charge in [0.15, 0.2) is 0 Å². The second-order valence-corrected chi connectivity index (χ2v) is 4.20. The van der Waals surface area contributed by atoms with Crippen molar-refractivity contribution in [1.29, 1.82) is 0 Å². The van der Waals surface area contributed by atoms with Gasteiger partial charge in [0.2, 0.25) is 0 Å². The lowest BCUT2D eigenvalue weighted by Gasteiger charge is -2.31. The molecule has 2 heterocycles. The number of hydrogen-bond donors (Lipinski definition) is 1. The molecule has 0 spiro atoms. The molecule has 5 nitrogen and oxygen atoms in total. The van der Waals surface area contributed by atoms with Gasteiger partial charge < -0.3 is 10.6 Å². The Bertz CT molecular complexity index is 271. The zero-order valence-electron chi connectivity index (χ0n) is 9.05. The molecule has 1 unspecified atom stereocenters. The lowest BCUT2D eigenvalue weighted by Crippen LogP contribution is -2.39. The van der Waals surface area contributed by atoms with E-state index in [1.54, 1.807) is 12.7 Å². The number of likely N-dealkylation sites (tertiary alicyclic amines) is 1. The number of nitrogens with zero attached hydrogens (tertiary/aromatic N) is 4. The molecule has 84 valence electrons. The molecule has 0 aliphatic carbocycles. The van der Waals surface area contributed by atoms with E-state index >= 15 is 0 Å². The highest BCUT2D eigenvalue weighted by Gasteiger charge is 2.17. The summed E-state index contributed by atoms with van der Waals surface area (Å²) in [7, 11) is 0. The lowest BCUT2D eigenvalue weighted by molar-refractivity contribution is 0.171. The second kappa shape index (κ2) is 5.23. The van der Waals surface area contributed by atoms with E-state index in [1.807, 2.05) is 4.68 Å². The van der Waals surface area contributed by atoms with Gasteiger partial charge in [0.25, 0.3) is 0 Å². The maximum absolute atomic E-state index is 5.70. The SMILES string of the molecule is NCC1CCCN(CCn2cncn2)C1. The van der Waals surface area contributed by atoms with Crippen LogP contribution in [-0.4, -0.2) is 45.8 Å². The summed E-state index contributed by atoms with van der Waals surface area (Å²) in [4.78, 5) is 6.41. The molecule has 0 aromatic carbocycles. The van der Waals surface area contributed by atoms with Crippen molar-refractivity contribution in [2.75, 3.05) is 26.2 Å². The highest BCUT2D eigenvalue weighted by Crippen LogP contribution is 2.14. The van der Waals surface area contributed by atoms with Gasteiger partial charge in [-0.15, -0.1) is 0 Å². The van der Waals surface area contributed by atoms with Crippen LogP contribution in [-0.2, 0) is 6.54 Å². The minimum Gasteiger partial charge on any atom is -0.330 e. The fraction of sp³-hybridized carbons (Fsp3) is 0.800. The molecule has 1 aliphatic heterocycles. The third-order valence-corrected chi connectivity index (χ3v) is 3.05. The summed E-state index contributed by atoms with van der Waals surface area (Å²) in [6, 6.07) is 0. The topological polar surface area (TPSA) is 60.0 Å². The summed E-state index contributed by atoms with van der Waals surface area (Å²) in [5.74, 6) is 0.689. The molecule has 2 rings (SSSR count). The minimum atomic E-state index is 0.689. The molecule has 1 fully saturated rings. The van der Waals surface area contributed by atoms with Crippen molar-refractivity contribution < 1.29 is 0 Å². The standard InChI is InChI=1S/C10H19N5/c11-6-10-2-1-3-14(7-10)4-5-15-9-12-8-13-15/h8-10H,1-7,11H2. The predicted molar refractivity (Wildman–Crippen MR) is 58.2 cm³/mol. The largest absolute Gasteiger partial charge is 0.330 e. The zero-order chi connectivity index (χ0) is 10.5. The summed E-state index contributed by atoms with van der Waals surface area (Å²) in [5.41, 5.74) is 5.70. The van der Waals surface area contributed by atoms with Crippen LogP contribution in [0.15, 0.2) is 12.7 Å². The average Bonchev–Trinajstić information content (AvgIpc) is 2.79. The number of piperidine rings is 1. The highest BCUT2D eigenvalue weighted by molar-refractivity contribution is 4.73. The van der Waals surface area contributed by atoms with Crippen LogP contribution in [0.25, 0.3) is 0 Å². The first kappa shape index (κ1) is 10.6. The van der Waals surface area contributed by atoms with Gasteiger partial charge in [-0.3, -0.25) is 4.68 Å². The number of nitrogens with two attached hydrogens (primary N) is 1. The number of rotatable bonds is 4. The van der Waals surface area contributed by atoms with Gasteiger partial charge in [-0.2, -0.15) is 5.10 Å². The second-order valence-electron chi connectivity index (χ2n) is 4.20. The molecule has 0 radical (unpaired) electrons. The quantitative estimate of drug-likeness (QED) is 0.755.